The smallest absolute Gasteiger partial charge is 0.322 e. The Morgan fingerprint density at radius 3 is 2.48 bits per heavy atom. The van der Waals surface area contributed by atoms with Crippen molar-refractivity contribution in [3.05, 3.63) is 30.5 Å². The molecule has 4 rings (SSSR count). The van der Waals surface area contributed by atoms with Crippen LogP contribution in [0.2, 0.25) is 0 Å². The predicted octanol–water partition coefficient (Wildman–Crippen LogP) is 1.68. The fourth-order valence-electron chi connectivity index (χ4n) is 3.67. The van der Waals surface area contributed by atoms with E-state index in [4.69, 9.17) is 19.2 Å². The van der Waals surface area contributed by atoms with Gasteiger partial charge in [0.25, 0.3) is 0 Å². The van der Waals surface area contributed by atoms with E-state index in [1.165, 1.54) is 0 Å². The second-order valence-corrected chi connectivity index (χ2v) is 7.28. The van der Waals surface area contributed by atoms with Crippen molar-refractivity contribution in [1.82, 2.24) is 14.9 Å². The van der Waals surface area contributed by atoms with Crippen LogP contribution in [0.3, 0.4) is 0 Å². The van der Waals surface area contributed by atoms with Crippen LogP contribution in [-0.4, -0.2) is 87.6 Å². The number of piperazine rings is 1. The lowest BCUT2D eigenvalue weighted by Gasteiger charge is -2.36. The number of hydrogen-bond acceptors (Lipinski definition) is 8. The molecule has 2 amide bonds. The number of nitrogens with zero attached hydrogens (tertiary/aromatic N) is 5. The minimum atomic E-state index is -0.153. The van der Waals surface area contributed by atoms with Crippen LogP contribution in [0.4, 0.5) is 22.2 Å². The Bertz CT molecular complexity index is 897. The van der Waals surface area contributed by atoms with E-state index in [1.54, 1.807) is 43.5 Å². The van der Waals surface area contributed by atoms with Gasteiger partial charge in [0, 0.05) is 51.5 Å². The summed E-state index contributed by atoms with van der Waals surface area (Å²) in [5.74, 6) is 2.84. The molecule has 0 atom stereocenters. The van der Waals surface area contributed by atoms with Crippen molar-refractivity contribution in [3.8, 4) is 11.5 Å². The lowest BCUT2D eigenvalue weighted by atomic mass is 10.2. The summed E-state index contributed by atoms with van der Waals surface area (Å²) >= 11 is 0. The van der Waals surface area contributed by atoms with Crippen LogP contribution in [0, 0.1) is 0 Å². The topological polar surface area (TPSA) is 92.3 Å². The Kier molecular flexibility index (Phi) is 6.56. The molecular formula is C21H28N6O4. The molecule has 0 spiro atoms. The van der Waals surface area contributed by atoms with Crippen LogP contribution < -0.4 is 24.6 Å². The highest BCUT2D eigenvalue weighted by Gasteiger charge is 2.24. The molecule has 166 valence electrons. The van der Waals surface area contributed by atoms with Gasteiger partial charge >= 0.3 is 6.03 Å². The molecule has 2 fully saturated rings. The van der Waals surface area contributed by atoms with E-state index in [0.29, 0.717) is 56.6 Å². The summed E-state index contributed by atoms with van der Waals surface area (Å²) in [6.07, 6.45) is 1.79. The van der Waals surface area contributed by atoms with Crippen LogP contribution in [0.1, 0.15) is 0 Å². The molecular weight excluding hydrogens is 400 g/mol. The fraction of sp³-hybridized carbons (Fsp3) is 0.476. The maximum Gasteiger partial charge on any atom is 0.322 e. The molecule has 2 saturated heterocycles. The Morgan fingerprint density at radius 2 is 1.77 bits per heavy atom. The number of aromatic nitrogens is 2. The quantitative estimate of drug-likeness (QED) is 0.769. The molecule has 2 aliphatic heterocycles. The number of hydrogen-bond donors (Lipinski definition) is 1. The van der Waals surface area contributed by atoms with Crippen LogP contribution in [0.15, 0.2) is 30.5 Å². The van der Waals surface area contributed by atoms with E-state index >= 15 is 0 Å². The van der Waals surface area contributed by atoms with E-state index in [-0.39, 0.29) is 6.03 Å². The molecule has 0 saturated carbocycles. The fourth-order valence-corrected chi connectivity index (χ4v) is 3.67. The summed E-state index contributed by atoms with van der Waals surface area (Å²) in [5.41, 5.74) is 0.613. The van der Waals surface area contributed by atoms with E-state index in [2.05, 4.69) is 20.1 Å². The number of benzene rings is 1. The lowest BCUT2D eigenvalue weighted by Crippen LogP contribution is -2.50. The monoisotopic (exact) mass is 428 g/mol. The largest absolute Gasteiger partial charge is 0.497 e. The molecule has 1 aromatic heterocycles. The van der Waals surface area contributed by atoms with Gasteiger partial charge in [0.05, 0.1) is 33.1 Å². The standard InChI is InChI=1S/C21H28N6O4/c1-29-16-3-4-17(18(15-16)30-2)23-21(28)27-9-7-25(8-10-27)19-5-6-22-20(24-19)26-11-13-31-14-12-26/h3-6,15H,7-14H2,1-2H3,(H,23,28). The lowest BCUT2D eigenvalue weighted by molar-refractivity contribution is 0.122. The Hall–Kier alpha value is -3.27. The van der Waals surface area contributed by atoms with Crippen molar-refractivity contribution in [2.24, 2.45) is 0 Å². The van der Waals surface area contributed by atoms with Crippen molar-refractivity contribution >= 4 is 23.5 Å². The average molecular weight is 428 g/mol. The Balaban J connectivity index is 1.35. The van der Waals surface area contributed by atoms with Crippen molar-refractivity contribution < 1.29 is 19.0 Å². The van der Waals surface area contributed by atoms with Gasteiger partial charge in [0.2, 0.25) is 5.95 Å². The van der Waals surface area contributed by atoms with Crippen LogP contribution in [0.25, 0.3) is 0 Å². The van der Waals surface area contributed by atoms with Crippen molar-refractivity contribution in [2.45, 2.75) is 0 Å². The summed E-state index contributed by atoms with van der Waals surface area (Å²) in [4.78, 5) is 28.0. The zero-order valence-electron chi connectivity index (χ0n) is 17.9. The van der Waals surface area contributed by atoms with E-state index < -0.39 is 0 Å². The third-order valence-corrected chi connectivity index (χ3v) is 5.46. The summed E-state index contributed by atoms with van der Waals surface area (Å²) < 4.78 is 16.0. The number of rotatable bonds is 5. The van der Waals surface area contributed by atoms with Gasteiger partial charge in [-0.1, -0.05) is 0 Å². The molecule has 0 unspecified atom stereocenters. The van der Waals surface area contributed by atoms with Crippen molar-refractivity contribution in [3.63, 3.8) is 0 Å². The molecule has 10 heteroatoms. The third kappa shape index (κ3) is 4.91. The Labute approximate surface area is 181 Å². The Morgan fingerprint density at radius 1 is 1.00 bits per heavy atom. The highest BCUT2D eigenvalue weighted by atomic mass is 16.5. The van der Waals surface area contributed by atoms with Gasteiger partial charge in [-0.25, -0.2) is 9.78 Å². The number of urea groups is 1. The molecule has 1 aromatic carbocycles. The number of amides is 2. The van der Waals surface area contributed by atoms with Crippen molar-refractivity contribution in [1.29, 1.82) is 0 Å². The SMILES string of the molecule is COc1ccc(NC(=O)N2CCN(c3ccnc(N4CCOCC4)n3)CC2)c(OC)c1. The van der Waals surface area contributed by atoms with Gasteiger partial charge < -0.3 is 34.2 Å². The van der Waals surface area contributed by atoms with Crippen LogP contribution in [0.5, 0.6) is 11.5 Å². The first-order chi connectivity index (χ1) is 15.2. The summed E-state index contributed by atoms with van der Waals surface area (Å²) in [5, 5.41) is 2.93. The number of ether oxygens (including phenoxy) is 3. The average Bonchev–Trinajstić information content (AvgIpc) is 2.85. The molecule has 1 N–H and O–H groups in total. The summed E-state index contributed by atoms with van der Waals surface area (Å²) in [6, 6.07) is 7.08. The zero-order chi connectivity index (χ0) is 21.6. The maximum atomic E-state index is 12.8. The van der Waals surface area contributed by atoms with Gasteiger partial charge in [-0.2, -0.15) is 4.98 Å². The minimum Gasteiger partial charge on any atom is -0.497 e. The maximum absolute atomic E-state index is 12.8. The number of methoxy groups -OCH3 is 2. The summed E-state index contributed by atoms with van der Waals surface area (Å²) in [6.45, 7) is 5.58. The molecule has 0 bridgehead atoms. The van der Waals surface area contributed by atoms with Gasteiger partial charge in [0.1, 0.15) is 17.3 Å². The number of nitrogens with one attached hydrogen (secondary N) is 1. The minimum absolute atomic E-state index is 0.153. The van der Waals surface area contributed by atoms with Crippen LogP contribution in [-0.2, 0) is 4.74 Å². The van der Waals surface area contributed by atoms with E-state index in [0.717, 1.165) is 24.9 Å². The highest BCUT2D eigenvalue weighted by Crippen LogP contribution is 2.29. The predicted molar refractivity (Wildman–Crippen MR) is 117 cm³/mol. The zero-order valence-corrected chi connectivity index (χ0v) is 17.9. The molecule has 10 nitrogen and oxygen atoms in total. The van der Waals surface area contributed by atoms with Gasteiger partial charge in [-0.05, 0) is 18.2 Å². The first-order valence-electron chi connectivity index (χ1n) is 10.4. The first-order valence-corrected chi connectivity index (χ1v) is 10.4. The molecule has 3 heterocycles. The molecule has 31 heavy (non-hydrogen) atoms. The van der Waals surface area contributed by atoms with Crippen LogP contribution >= 0.6 is 0 Å². The molecule has 0 radical (unpaired) electrons. The number of morpholine rings is 1. The van der Waals surface area contributed by atoms with E-state index in [1.807, 2.05) is 6.07 Å². The van der Waals surface area contributed by atoms with Crippen molar-refractivity contribution in [2.75, 3.05) is 81.8 Å². The third-order valence-electron chi connectivity index (χ3n) is 5.46. The highest BCUT2D eigenvalue weighted by molar-refractivity contribution is 5.91. The number of carbonyl (C=O) groups excluding carboxylic acids is 1. The normalized spacial score (nSPS) is 16.8. The molecule has 0 aliphatic carbocycles. The molecule has 2 aromatic rings. The second kappa shape index (κ2) is 9.69. The number of anilines is 3. The first kappa shape index (κ1) is 21.0. The van der Waals surface area contributed by atoms with Gasteiger partial charge in [-0.3, -0.25) is 0 Å². The van der Waals surface area contributed by atoms with Gasteiger partial charge in [-0.15, -0.1) is 0 Å². The second-order valence-electron chi connectivity index (χ2n) is 7.28. The summed E-state index contributed by atoms with van der Waals surface area (Å²) in [7, 11) is 3.16. The molecule has 2 aliphatic rings. The van der Waals surface area contributed by atoms with E-state index in [9.17, 15) is 4.79 Å². The number of carbonyl (C=O) groups is 1. The van der Waals surface area contributed by atoms with Gasteiger partial charge in [0.15, 0.2) is 0 Å².